The van der Waals surface area contributed by atoms with E-state index < -0.39 is 23.3 Å². The van der Waals surface area contributed by atoms with Crippen molar-refractivity contribution in [1.82, 2.24) is 20.9 Å². The van der Waals surface area contributed by atoms with Crippen molar-refractivity contribution in [2.24, 2.45) is 0 Å². The van der Waals surface area contributed by atoms with Crippen LogP contribution in [-0.2, 0) is 4.79 Å². The molecule has 0 radical (unpaired) electrons. The first kappa shape index (κ1) is 23.6. The van der Waals surface area contributed by atoms with E-state index in [1.54, 1.807) is 51.1 Å². The summed E-state index contributed by atoms with van der Waals surface area (Å²) < 4.78 is 0. The van der Waals surface area contributed by atoms with Crippen LogP contribution in [0, 0.1) is 0 Å². The zero-order valence-corrected chi connectivity index (χ0v) is 18.7. The van der Waals surface area contributed by atoms with Gasteiger partial charge in [0.25, 0.3) is 23.6 Å². The number of fused-ring (bicyclic) bond motifs is 1. The molecule has 0 spiro atoms. The second kappa shape index (κ2) is 9.64. The predicted octanol–water partition coefficient (Wildman–Crippen LogP) is 1.36. The molecule has 0 aliphatic carbocycles. The summed E-state index contributed by atoms with van der Waals surface area (Å²) in [6.07, 6.45) is 0. The van der Waals surface area contributed by atoms with E-state index in [9.17, 15) is 24.0 Å². The smallest absolute Gasteiger partial charge is 0.262 e. The van der Waals surface area contributed by atoms with Gasteiger partial charge in [-0.25, -0.2) is 0 Å². The van der Waals surface area contributed by atoms with Gasteiger partial charge >= 0.3 is 0 Å². The van der Waals surface area contributed by atoms with Gasteiger partial charge in [0, 0.05) is 29.8 Å². The lowest BCUT2D eigenvalue weighted by molar-refractivity contribution is -0.120. The molecule has 1 aliphatic rings. The number of carbonyl (C=O) groups is 5. The third-order valence-corrected chi connectivity index (χ3v) is 5.00. The molecule has 3 N–H and O–H groups in total. The summed E-state index contributed by atoms with van der Waals surface area (Å²) in [5, 5.41) is 7.77. The molecule has 0 bridgehead atoms. The van der Waals surface area contributed by atoms with Crippen molar-refractivity contribution in [1.29, 1.82) is 0 Å². The largest absolute Gasteiger partial charge is 0.353 e. The van der Waals surface area contributed by atoms with Crippen LogP contribution in [-0.4, -0.2) is 59.6 Å². The Morgan fingerprint density at radius 1 is 0.758 bits per heavy atom. The zero-order valence-electron chi connectivity index (χ0n) is 18.7. The number of nitrogens with one attached hydrogen (secondary N) is 3. The van der Waals surface area contributed by atoms with E-state index in [0.717, 1.165) is 0 Å². The van der Waals surface area contributed by atoms with Crippen LogP contribution in [0.3, 0.4) is 0 Å². The molecule has 0 aromatic heterocycles. The Bertz CT molecular complexity index is 1110. The minimum atomic E-state index is -0.672. The van der Waals surface area contributed by atoms with Crippen LogP contribution < -0.4 is 16.0 Å². The third-order valence-electron chi connectivity index (χ3n) is 5.00. The van der Waals surface area contributed by atoms with Crippen molar-refractivity contribution in [3.8, 4) is 0 Å². The van der Waals surface area contributed by atoms with Gasteiger partial charge in [-0.15, -0.1) is 0 Å². The van der Waals surface area contributed by atoms with Crippen LogP contribution in [0.4, 0.5) is 0 Å². The van der Waals surface area contributed by atoms with Crippen molar-refractivity contribution in [3.05, 3.63) is 70.8 Å². The Morgan fingerprint density at radius 3 is 2.03 bits per heavy atom. The van der Waals surface area contributed by atoms with E-state index in [-0.39, 0.29) is 48.1 Å². The van der Waals surface area contributed by atoms with Gasteiger partial charge in [-0.1, -0.05) is 18.2 Å². The summed E-state index contributed by atoms with van der Waals surface area (Å²) in [6, 6.07) is 12.9. The average Bonchev–Trinajstić information content (AvgIpc) is 3.05. The monoisotopic (exact) mass is 450 g/mol. The highest BCUT2D eigenvalue weighted by molar-refractivity contribution is 6.22. The maximum atomic E-state index is 12.7. The molecular formula is C24H26N4O5. The van der Waals surface area contributed by atoms with Gasteiger partial charge in [0.15, 0.2) is 0 Å². The molecule has 9 heteroatoms. The minimum Gasteiger partial charge on any atom is -0.353 e. The highest BCUT2D eigenvalue weighted by Gasteiger charge is 2.42. The Kier molecular flexibility index (Phi) is 6.91. The van der Waals surface area contributed by atoms with Crippen LogP contribution in [0.1, 0.15) is 62.2 Å². The lowest BCUT2D eigenvalue weighted by Crippen LogP contribution is -2.45. The van der Waals surface area contributed by atoms with Gasteiger partial charge in [-0.2, -0.15) is 0 Å². The highest BCUT2D eigenvalue weighted by atomic mass is 16.2. The van der Waals surface area contributed by atoms with Crippen molar-refractivity contribution in [2.45, 2.75) is 26.3 Å². The molecule has 1 aliphatic heterocycles. The number of nitrogens with zero attached hydrogens (tertiary/aromatic N) is 1. The lowest BCUT2D eigenvalue weighted by atomic mass is 10.1. The minimum absolute atomic E-state index is 0.148. The van der Waals surface area contributed by atoms with Crippen LogP contribution in [0.5, 0.6) is 0 Å². The fourth-order valence-corrected chi connectivity index (χ4v) is 3.39. The molecule has 2 aromatic carbocycles. The molecule has 33 heavy (non-hydrogen) atoms. The molecule has 2 aromatic rings. The number of amides is 5. The molecule has 3 rings (SSSR count). The standard InChI is InChI=1S/C24H26N4O5/c1-24(2,3)28-22(32)17-10-9-16(13-18(17)23(28)33)21(31)26-12-11-25-19(29)14-27-20(30)15-7-5-4-6-8-15/h4-10,13H,11-12,14H2,1-3H3,(H,25,29)(H,26,31)(H,27,30). The van der Waals surface area contributed by atoms with E-state index >= 15 is 0 Å². The molecule has 0 saturated carbocycles. The van der Waals surface area contributed by atoms with E-state index in [0.29, 0.717) is 5.56 Å². The van der Waals surface area contributed by atoms with Crippen molar-refractivity contribution >= 4 is 29.5 Å². The summed E-state index contributed by atoms with van der Waals surface area (Å²) in [5.74, 6) is -1.98. The summed E-state index contributed by atoms with van der Waals surface area (Å²) in [6.45, 7) is 5.42. The zero-order chi connectivity index (χ0) is 24.2. The Hall–Kier alpha value is -4.01. The topological polar surface area (TPSA) is 125 Å². The highest BCUT2D eigenvalue weighted by Crippen LogP contribution is 2.29. The summed E-state index contributed by atoms with van der Waals surface area (Å²) in [7, 11) is 0. The van der Waals surface area contributed by atoms with Gasteiger partial charge < -0.3 is 16.0 Å². The van der Waals surface area contributed by atoms with Crippen LogP contribution in [0.15, 0.2) is 48.5 Å². The summed E-state index contributed by atoms with van der Waals surface area (Å²) in [5.41, 5.74) is 0.500. The fraction of sp³-hybridized carbons (Fsp3) is 0.292. The number of hydrogen-bond acceptors (Lipinski definition) is 5. The number of rotatable bonds is 7. The molecule has 172 valence electrons. The second-order valence-electron chi connectivity index (χ2n) is 8.53. The number of benzene rings is 2. The Labute approximate surface area is 191 Å². The fourth-order valence-electron chi connectivity index (χ4n) is 3.39. The van der Waals surface area contributed by atoms with Gasteiger partial charge in [-0.05, 0) is 51.1 Å². The van der Waals surface area contributed by atoms with Crippen LogP contribution in [0.25, 0.3) is 0 Å². The maximum absolute atomic E-state index is 12.7. The molecule has 0 unspecified atom stereocenters. The lowest BCUT2D eigenvalue weighted by Gasteiger charge is -2.29. The van der Waals surface area contributed by atoms with Gasteiger partial charge in [0.2, 0.25) is 5.91 Å². The van der Waals surface area contributed by atoms with Gasteiger partial charge in [0.1, 0.15) is 0 Å². The quantitative estimate of drug-likeness (QED) is 0.434. The molecule has 5 amide bonds. The summed E-state index contributed by atoms with van der Waals surface area (Å²) in [4.78, 5) is 62.6. The van der Waals surface area contributed by atoms with Crippen LogP contribution >= 0.6 is 0 Å². The number of hydrogen-bond donors (Lipinski definition) is 3. The predicted molar refractivity (Wildman–Crippen MR) is 121 cm³/mol. The molecule has 9 nitrogen and oxygen atoms in total. The average molecular weight is 450 g/mol. The normalized spacial score (nSPS) is 12.9. The van der Waals surface area contributed by atoms with E-state index in [1.165, 1.54) is 23.1 Å². The van der Waals surface area contributed by atoms with E-state index in [1.807, 2.05) is 0 Å². The maximum Gasteiger partial charge on any atom is 0.262 e. The van der Waals surface area contributed by atoms with E-state index in [2.05, 4.69) is 16.0 Å². The second-order valence-corrected chi connectivity index (χ2v) is 8.53. The molecule has 0 atom stereocenters. The summed E-state index contributed by atoms with van der Waals surface area (Å²) >= 11 is 0. The number of carbonyl (C=O) groups excluding carboxylic acids is 5. The van der Waals surface area contributed by atoms with Gasteiger partial charge in [-0.3, -0.25) is 28.9 Å². The molecular weight excluding hydrogens is 424 g/mol. The van der Waals surface area contributed by atoms with Crippen molar-refractivity contribution < 1.29 is 24.0 Å². The SMILES string of the molecule is CC(C)(C)N1C(=O)c2ccc(C(=O)NCCNC(=O)CNC(=O)c3ccccc3)cc2C1=O. The molecule has 0 saturated heterocycles. The molecule has 0 fully saturated rings. The van der Waals surface area contributed by atoms with Crippen molar-refractivity contribution in [2.75, 3.05) is 19.6 Å². The van der Waals surface area contributed by atoms with Crippen LogP contribution in [0.2, 0.25) is 0 Å². The molecule has 1 heterocycles. The Balaban J connectivity index is 1.46. The van der Waals surface area contributed by atoms with Gasteiger partial charge in [0.05, 0.1) is 17.7 Å². The first-order chi connectivity index (χ1) is 15.6. The third kappa shape index (κ3) is 5.43. The Morgan fingerprint density at radius 2 is 1.36 bits per heavy atom. The first-order valence-electron chi connectivity index (χ1n) is 10.5. The number of imide groups is 1. The van der Waals surface area contributed by atoms with E-state index in [4.69, 9.17) is 0 Å². The van der Waals surface area contributed by atoms with Crippen molar-refractivity contribution in [3.63, 3.8) is 0 Å². The first-order valence-corrected chi connectivity index (χ1v) is 10.5.